The van der Waals surface area contributed by atoms with E-state index < -0.39 is 6.10 Å². The standard InChI is InChI=1S/C8H17NO3/c10-6-8(12)5-9-3-1-7(11)2-4-9/h7-8,10-12H,1-6H2. The van der Waals surface area contributed by atoms with E-state index in [-0.39, 0.29) is 12.7 Å². The second-order valence-electron chi connectivity index (χ2n) is 3.37. The van der Waals surface area contributed by atoms with E-state index in [9.17, 15) is 5.11 Å². The molecule has 0 amide bonds. The Morgan fingerprint density at radius 1 is 1.33 bits per heavy atom. The van der Waals surface area contributed by atoms with Crippen molar-refractivity contribution in [3.05, 3.63) is 0 Å². The highest BCUT2D eigenvalue weighted by Crippen LogP contribution is 2.09. The van der Waals surface area contributed by atoms with Crippen molar-refractivity contribution in [1.82, 2.24) is 4.90 Å². The van der Waals surface area contributed by atoms with E-state index in [0.717, 1.165) is 25.9 Å². The van der Waals surface area contributed by atoms with E-state index >= 15 is 0 Å². The summed E-state index contributed by atoms with van der Waals surface area (Å²) in [4.78, 5) is 2.06. The molecule has 1 aliphatic heterocycles. The molecule has 3 N–H and O–H groups in total. The molecule has 1 aliphatic rings. The van der Waals surface area contributed by atoms with Gasteiger partial charge in [-0.1, -0.05) is 0 Å². The number of rotatable bonds is 3. The van der Waals surface area contributed by atoms with E-state index in [1.165, 1.54) is 0 Å². The van der Waals surface area contributed by atoms with Crippen LogP contribution in [-0.2, 0) is 0 Å². The topological polar surface area (TPSA) is 63.9 Å². The van der Waals surface area contributed by atoms with Gasteiger partial charge in [0.1, 0.15) is 0 Å². The number of nitrogens with zero attached hydrogens (tertiary/aromatic N) is 1. The van der Waals surface area contributed by atoms with Crippen LogP contribution in [0.2, 0.25) is 0 Å². The van der Waals surface area contributed by atoms with Gasteiger partial charge >= 0.3 is 0 Å². The molecular weight excluding hydrogens is 158 g/mol. The maximum atomic E-state index is 9.18. The first-order valence-corrected chi connectivity index (χ1v) is 4.41. The van der Waals surface area contributed by atoms with Gasteiger partial charge in [-0.25, -0.2) is 0 Å². The Balaban J connectivity index is 2.17. The minimum absolute atomic E-state index is 0.174. The van der Waals surface area contributed by atoms with Gasteiger partial charge in [0, 0.05) is 19.6 Å². The largest absolute Gasteiger partial charge is 0.394 e. The van der Waals surface area contributed by atoms with Crippen molar-refractivity contribution >= 4 is 0 Å². The molecule has 0 spiro atoms. The number of hydrogen-bond donors (Lipinski definition) is 3. The molecule has 1 saturated heterocycles. The molecule has 0 bridgehead atoms. The molecule has 4 nitrogen and oxygen atoms in total. The molecule has 0 radical (unpaired) electrons. The molecule has 1 unspecified atom stereocenters. The number of piperidine rings is 1. The Morgan fingerprint density at radius 2 is 1.92 bits per heavy atom. The molecule has 1 heterocycles. The fraction of sp³-hybridized carbons (Fsp3) is 1.00. The summed E-state index contributed by atoms with van der Waals surface area (Å²) in [6.07, 6.45) is 0.740. The second-order valence-corrected chi connectivity index (χ2v) is 3.37. The summed E-state index contributed by atoms with van der Waals surface area (Å²) < 4.78 is 0. The van der Waals surface area contributed by atoms with Crippen LogP contribution in [0.1, 0.15) is 12.8 Å². The fourth-order valence-electron chi connectivity index (χ4n) is 1.46. The molecule has 0 aromatic rings. The Labute approximate surface area is 72.4 Å². The Bertz CT molecular complexity index is 123. The second kappa shape index (κ2) is 4.77. The van der Waals surface area contributed by atoms with Gasteiger partial charge in [-0.3, -0.25) is 0 Å². The normalized spacial score (nSPS) is 24.2. The zero-order valence-electron chi connectivity index (χ0n) is 7.19. The van der Waals surface area contributed by atoms with Gasteiger partial charge in [0.2, 0.25) is 0 Å². The molecule has 4 heteroatoms. The van der Waals surface area contributed by atoms with Gasteiger partial charge in [-0.05, 0) is 12.8 Å². The minimum atomic E-state index is -0.639. The average molecular weight is 175 g/mol. The molecule has 12 heavy (non-hydrogen) atoms. The molecule has 0 aliphatic carbocycles. The van der Waals surface area contributed by atoms with Crippen LogP contribution < -0.4 is 0 Å². The predicted octanol–water partition coefficient (Wildman–Crippen LogP) is -1.20. The third-order valence-corrected chi connectivity index (χ3v) is 2.24. The zero-order chi connectivity index (χ0) is 8.97. The third kappa shape index (κ3) is 3.06. The molecular formula is C8H17NO3. The van der Waals surface area contributed by atoms with Crippen LogP contribution in [0, 0.1) is 0 Å². The van der Waals surface area contributed by atoms with E-state index in [1.54, 1.807) is 0 Å². The molecule has 0 aromatic carbocycles. The van der Waals surface area contributed by atoms with E-state index in [4.69, 9.17) is 10.2 Å². The highest BCUT2D eigenvalue weighted by molar-refractivity contribution is 4.72. The Kier molecular flexibility index (Phi) is 3.94. The molecule has 0 aromatic heterocycles. The lowest BCUT2D eigenvalue weighted by atomic mass is 10.1. The number of hydrogen-bond acceptors (Lipinski definition) is 4. The summed E-state index contributed by atoms with van der Waals surface area (Å²) in [6.45, 7) is 1.97. The summed E-state index contributed by atoms with van der Waals surface area (Å²) in [7, 11) is 0. The molecule has 72 valence electrons. The van der Waals surface area contributed by atoms with E-state index in [0.29, 0.717) is 6.54 Å². The number of aliphatic hydroxyl groups is 3. The average Bonchev–Trinajstić information content (AvgIpc) is 2.09. The predicted molar refractivity (Wildman–Crippen MR) is 44.8 cm³/mol. The number of aliphatic hydroxyl groups excluding tert-OH is 3. The first-order chi connectivity index (χ1) is 5.72. The molecule has 1 rings (SSSR count). The Hall–Kier alpha value is -0.160. The summed E-state index contributed by atoms with van der Waals surface area (Å²) in [5, 5.41) is 26.9. The van der Waals surface area contributed by atoms with Gasteiger partial charge < -0.3 is 20.2 Å². The quantitative estimate of drug-likeness (QED) is 0.504. The van der Waals surface area contributed by atoms with Crippen molar-refractivity contribution < 1.29 is 15.3 Å². The van der Waals surface area contributed by atoms with Crippen molar-refractivity contribution in [2.45, 2.75) is 25.0 Å². The van der Waals surface area contributed by atoms with Gasteiger partial charge in [-0.2, -0.15) is 0 Å². The van der Waals surface area contributed by atoms with Crippen molar-refractivity contribution in [3.8, 4) is 0 Å². The van der Waals surface area contributed by atoms with Crippen LogP contribution in [-0.4, -0.2) is 58.7 Å². The van der Waals surface area contributed by atoms with Crippen LogP contribution in [0.3, 0.4) is 0 Å². The summed E-state index contributed by atoms with van der Waals surface area (Å²) in [6, 6.07) is 0. The Morgan fingerprint density at radius 3 is 2.42 bits per heavy atom. The zero-order valence-corrected chi connectivity index (χ0v) is 7.19. The summed E-state index contributed by atoms with van der Waals surface area (Å²) >= 11 is 0. The maximum absolute atomic E-state index is 9.18. The van der Waals surface area contributed by atoms with Gasteiger partial charge in [0.25, 0.3) is 0 Å². The van der Waals surface area contributed by atoms with Gasteiger partial charge in [-0.15, -0.1) is 0 Å². The highest BCUT2D eigenvalue weighted by Gasteiger charge is 2.18. The van der Waals surface area contributed by atoms with Crippen LogP contribution >= 0.6 is 0 Å². The lowest BCUT2D eigenvalue weighted by Crippen LogP contribution is -2.41. The highest BCUT2D eigenvalue weighted by atomic mass is 16.3. The molecule has 1 fully saturated rings. The smallest absolute Gasteiger partial charge is 0.0897 e. The SMILES string of the molecule is OCC(O)CN1CCC(O)CC1. The van der Waals surface area contributed by atoms with Crippen LogP contribution in [0.15, 0.2) is 0 Å². The van der Waals surface area contributed by atoms with E-state index in [2.05, 4.69) is 4.90 Å². The van der Waals surface area contributed by atoms with Crippen LogP contribution in [0.5, 0.6) is 0 Å². The van der Waals surface area contributed by atoms with Crippen LogP contribution in [0.25, 0.3) is 0 Å². The van der Waals surface area contributed by atoms with Gasteiger partial charge in [0.15, 0.2) is 0 Å². The molecule has 1 atom stereocenters. The van der Waals surface area contributed by atoms with Crippen molar-refractivity contribution in [2.24, 2.45) is 0 Å². The molecule has 0 saturated carbocycles. The van der Waals surface area contributed by atoms with Crippen molar-refractivity contribution in [2.75, 3.05) is 26.2 Å². The first-order valence-electron chi connectivity index (χ1n) is 4.41. The monoisotopic (exact) mass is 175 g/mol. The first kappa shape index (κ1) is 9.92. The van der Waals surface area contributed by atoms with E-state index in [1.807, 2.05) is 0 Å². The van der Waals surface area contributed by atoms with Crippen molar-refractivity contribution in [3.63, 3.8) is 0 Å². The summed E-state index contributed by atoms with van der Waals surface area (Å²) in [5.41, 5.74) is 0. The maximum Gasteiger partial charge on any atom is 0.0897 e. The lowest BCUT2D eigenvalue weighted by molar-refractivity contribution is 0.0289. The van der Waals surface area contributed by atoms with Gasteiger partial charge in [0.05, 0.1) is 18.8 Å². The third-order valence-electron chi connectivity index (χ3n) is 2.24. The number of β-amino-alcohol motifs (C(OH)–C–C–N with tert-alkyl or cyclic N) is 1. The van der Waals surface area contributed by atoms with Crippen LogP contribution in [0.4, 0.5) is 0 Å². The fourth-order valence-corrected chi connectivity index (χ4v) is 1.46. The lowest BCUT2D eigenvalue weighted by Gasteiger charge is -2.30. The van der Waals surface area contributed by atoms with Crippen molar-refractivity contribution in [1.29, 1.82) is 0 Å². The number of likely N-dealkylation sites (tertiary alicyclic amines) is 1. The minimum Gasteiger partial charge on any atom is -0.394 e. The summed E-state index contributed by atoms with van der Waals surface area (Å²) in [5.74, 6) is 0.